The van der Waals surface area contributed by atoms with Gasteiger partial charge in [-0.05, 0) is 54.5 Å². The summed E-state index contributed by atoms with van der Waals surface area (Å²) >= 11 is 6.72. The minimum atomic E-state index is -1.87. The summed E-state index contributed by atoms with van der Waals surface area (Å²) in [4.78, 5) is 2.34. The zero-order valence-electron chi connectivity index (χ0n) is 22.3. The number of benzene rings is 2. The summed E-state index contributed by atoms with van der Waals surface area (Å²) in [5, 5.41) is 6.41. The van der Waals surface area contributed by atoms with Gasteiger partial charge in [-0.2, -0.15) is 0 Å². The Morgan fingerprint density at radius 1 is 1.16 bits per heavy atom. The summed E-state index contributed by atoms with van der Waals surface area (Å²) in [7, 11) is -0.192. The third-order valence-electron chi connectivity index (χ3n) is 7.83. The second-order valence-corrected chi connectivity index (χ2v) is 16.8. The van der Waals surface area contributed by atoms with E-state index in [1.165, 1.54) is 6.07 Å². The average molecular weight is 541 g/mol. The molecule has 0 atom stereocenters. The van der Waals surface area contributed by atoms with Crippen LogP contribution in [0.25, 0.3) is 16.6 Å². The number of aromatic nitrogens is 3. The molecule has 1 aliphatic rings. The van der Waals surface area contributed by atoms with Crippen molar-refractivity contribution in [2.45, 2.75) is 52.0 Å². The van der Waals surface area contributed by atoms with Crippen molar-refractivity contribution in [3.05, 3.63) is 70.8 Å². The maximum absolute atomic E-state index is 13.7. The molecule has 0 unspecified atom stereocenters. The Balaban J connectivity index is 1.46. The molecular formula is C28H34ClFN4O2Si. The molecule has 37 heavy (non-hydrogen) atoms. The van der Waals surface area contributed by atoms with Crippen molar-refractivity contribution in [1.82, 2.24) is 18.9 Å². The number of halogens is 2. The second kappa shape index (κ2) is 9.49. The van der Waals surface area contributed by atoms with Gasteiger partial charge >= 0.3 is 0 Å². The van der Waals surface area contributed by atoms with Gasteiger partial charge in [0.05, 0.1) is 17.6 Å². The first-order valence-electron chi connectivity index (χ1n) is 12.6. The standard InChI is InChI=1S/C28H34ClFN4O2Si/c1-28(2,3)37(5,6)34-18-21(27(31-34)35-4)17-32-11-12-36-26-20(16-32)14-23(15-24(26)29)33-10-9-19-13-22(30)7-8-25(19)33/h7-10,13-15,18H,11-12,16-17H2,1-6H3. The maximum atomic E-state index is 13.7. The molecule has 6 nitrogen and oxygen atoms in total. The molecule has 1 aliphatic heterocycles. The molecule has 3 heterocycles. The molecule has 2 aromatic heterocycles. The van der Waals surface area contributed by atoms with Crippen LogP contribution in [0.4, 0.5) is 4.39 Å². The zero-order valence-corrected chi connectivity index (χ0v) is 24.1. The third-order valence-corrected chi connectivity index (χ3v) is 13.2. The van der Waals surface area contributed by atoms with E-state index in [4.69, 9.17) is 26.2 Å². The van der Waals surface area contributed by atoms with Crippen LogP contribution in [0.5, 0.6) is 11.6 Å². The molecule has 5 rings (SSSR count). The van der Waals surface area contributed by atoms with Gasteiger partial charge in [-0.25, -0.2) is 4.39 Å². The molecule has 196 valence electrons. The molecule has 0 amide bonds. The van der Waals surface area contributed by atoms with E-state index in [-0.39, 0.29) is 10.9 Å². The van der Waals surface area contributed by atoms with E-state index in [1.807, 2.05) is 22.9 Å². The third kappa shape index (κ3) is 4.78. The normalized spacial score (nSPS) is 14.9. The molecule has 9 heteroatoms. The van der Waals surface area contributed by atoms with Crippen LogP contribution in [0, 0.1) is 5.82 Å². The van der Waals surface area contributed by atoms with E-state index in [1.54, 1.807) is 19.2 Å². The number of fused-ring (bicyclic) bond motifs is 2. The van der Waals surface area contributed by atoms with Crippen molar-refractivity contribution in [3.8, 4) is 17.3 Å². The largest absolute Gasteiger partial charge is 0.490 e. The molecule has 0 fully saturated rings. The average Bonchev–Trinajstić information content (AvgIpc) is 3.37. The Hall–Kier alpha value is -2.81. The van der Waals surface area contributed by atoms with Crippen molar-refractivity contribution >= 4 is 30.7 Å². The summed E-state index contributed by atoms with van der Waals surface area (Å²) in [5.74, 6) is 1.15. The van der Waals surface area contributed by atoms with Crippen LogP contribution in [0.1, 0.15) is 31.9 Å². The van der Waals surface area contributed by atoms with Crippen molar-refractivity contribution < 1.29 is 13.9 Å². The lowest BCUT2D eigenvalue weighted by atomic mass is 10.1. The summed E-state index contributed by atoms with van der Waals surface area (Å²) in [5.41, 5.74) is 3.92. The first kappa shape index (κ1) is 25.8. The second-order valence-electron chi connectivity index (χ2n) is 11.3. The fraction of sp³-hybridized carbons (Fsp3) is 0.393. The number of hydrogen-bond donors (Lipinski definition) is 0. The summed E-state index contributed by atoms with van der Waals surface area (Å²) in [6, 6.07) is 10.7. The highest BCUT2D eigenvalue weighted by Crippen LogP contribution is 2.39. The molecule has 0 aliphatic carbocycles. The van der Waals surface area contributed by atoms with Gasteiger partial charge in [0.25, 0.3) is 0 Å². The fourth-order valence-corrected chi connectivity index (χ4v) is 6.46. The molecule has 4 aromatic rings. The van der Waals surface area contributed by atoms with E-state index >= 15 is 0 Å². The Labute approximate surface area is 223 Å². The molecule has 0 N–H and O–H groups in total. The number of nitrogens with zero attached hydrogens (tertiary/aromatic N) is 4. The topological polar surface area (TPSA) is 44.4 Å². The smallest absolute Gasteiger partial charge is 0.236 e. The number of rotatable bonds is 5. The fourth-order valence-electron chi connectivity index (χ4n) is 4.67. The van der Waals surface area contributed by atoms with Crippen LogP contribution in [0.15, 0.2) is 48.8 Å². The number of methoxy groups -OCH3 is 1. The van der Waals surface area contributed by atoms with Gasteiger partial charge < -0.3 is 14.0 Å². The SMILES string of the molecule is COc1nn([Si](C)(C)C(C)(C)C)cc1CN1CCOc2c(Cl)cc(-n3ccc4cc(F)ccc43)cc2C1. The van der Waals surface area contributed by atoms with Gasteiger partial charge in [0, 0.05) is 54.2 Å². The van der Waals surface area contributed by atoms with E-state index in [2.05, 4.69) is 55.4 Å². The van der Waals surface area contributed by atoms with Crippen molar-refractivity contribution in [2.24, 2.45) is 0 Å². The molecular weight excluding hydrogens is 507 g/mol. The molecule has 0 saturated heterocycles. The van der Waals surface area contributed by atoms with Gasteiger partial charge in [0.1, 0.15) is 18.2 Å². The highest BCUT2D eigenvalue weighted by Gasteiger charge is 2.39. The molecule has 0 bridgehead atoms. The van der Waals surface area contributed by atoms with Crippen molar-refractivity contribution in [2.75, 3.05) is 20.3 Å². The van der Waals surface area contributed by atoms with Gasteiger partial charge in [-0.15, -0.1) is 5.10 Å². The number of hydrogen-bond acceptors (Lipinski definition) is 4. The van der Waals surface area contributed by atoms with Crippen LogP contribution >= 0.6 is 11.6 Å². The molecule has 0 saturated carbocycles. The maximum Gasteiger partial charge on any atom is 0.236 e. The monoisotopic (exact) mass is 540 g/mol. The summed E-state index contributed by atoms with van der Waals surface area (Å²) < 4.78 is 29.7. The predicted octanol–water partition coefficient (Wildman–Crippen LogP) is 6.88. The van der Waals surface area contributed by atoms with E-state index < -0.39 is 8.24 Å². The lowest BCUT2D eigenvalue weighted by molar-refractivity contribution is 0.217. The Morgan fingerprint density at radius 3 is 2.68 bits per heavy atom. The highest BCUT2D eigenvalue weighted by molar-refractivity contribution is 6.78. The zero-order chi connectivity index (χ0) is 26.5. The van der Waals surface area contributed by atoms with Gasteiger partial charge in [-0.3, -0.25) is 9.25 Å². The first-order chi connectivity index (χ1) is 17.5. The van der Waals surface area contributed by atoms with Crippen LogP contribution in [-0.2, 0) is 13.1 Å². The molecule has 0 spiro atoms. The first-order valence-corrected chi connectivity index (χ1v) is 15.9. The van der Waals surface area contributed by atoms with Crippen LogP contribution < -0.4 is 9.47 Å². The van der Waals surface area contributed by atoms with Crippen LogP contribution in [0.3, 0.4) is 0 Å². The minimum absolute atomic E-state index is 0.151. The highest BCUT2D eigenvalue weighted by atomic mass is 35.5. The minimum Gasteiger partial charge on any atom is -0.490 e. The lowest BCUT2D eigenvalue weighted by Crippen LogP contribution is -2.45. The Morgan fingerprint density at radius 2 is 1.95 bits per heavy atom. The lowest BCUT2D eigenvalue weighted by Gasteiger charge is -2.36. The molecule has 0 radical (unpaired) electrons. The van der Waals surface area contributed by atoms with Gasteiger partial charge in [0.2, 0.25) is 5.88 Å². The van der Waals surface area contributed by atoms with Crippen LogP contribution in [-0.4, -0.2) is 47.4 Å². The Bertz CT molecular complexity index is 1460. The van der Waals surface area contributed by atoms with Gasteiger partial charge in [0.15, 0.2) is 8.24 Å². The number of ether oxygens (including phenoxy) is 2. The quantitative estimate of drug-likeness (QED) is 0.259. The van der Waals surface area contributed by atoms with E-state index in [0.29, 0.717) is 30.6 Å². The van der Waals surface area contributed by atoms with E-state index in [0.717, 1.165) is 40.0 Å². The van der Waals surface area contributed by atoms with E-state index in [9.17, 15) is 4.39 Å². The summed E-state index contributed by atoms with van der Waals surface area (Å²) in [6.45, 7) is 14.2. The van der Waals surface area contributed by atoms with Gasteiger partial charge in [-0.1, -0.05) is 32.4 Å². The van der Waals surface area contributed by atoms with Crippen molar-refractivity contribution in [3.63, 3.8) is 0 Å². The van der Waals surface area contributed by atoms with Crippen molar-refractivity contribution in [1.29, 1.82) is 0 Å². The van der Waals surface area contributed by atoms with Crippen LogP contribution in [0.2, 0.25) is 23.2 Å². The predicted molar refractivity (Wildman–Crippen MR) is 149 cm³/mol. The summed E-state index contributed by atoms with van der Waals surface area (Å²) in [6.07, 6.45) is 4.11. The molecule has 2 aromatic carbocycles. The Kier molecular flexibility index (Phi) is 6.62.